The fraction of sp³-hybridized carbons (Fsp3) is 0.412. The molecule has 2 unspecified atom stereocenters. The van der Waals surface area contributed by atoms with E-state index in [0.717, 1.165) is 5.56 Å². The maximum Gasteiger partial charge on any atom is 0.314 e. The number of benzene rings is 1. The molecule has 1 aromatic rings. The molecule has 2 atom stereocenters. The molecule has 0 N–H and O–H groups in total. The Morgan fingerprint density at radius 2 is 1.62 bits per heavy atom. The summed E-state index contributed by atoms with van der Waals surface area (Å²) >= 11 is 0. The molecule has 0 spiro atoms. The number of carbonyl (C=O) groups is 2. The van der Waals surface area contributed by atoms with Crippen LogP contribution in [0.15, 0.2) is 42.5 Å². The van der Waals surface area contributed by atoms with E-state index < -0.39 is 23.8 Å². The number of hydrogen-bond acceptors (Lipinski definition) is 4. The van der Waals surface area contributed by atoms with Crippen molar-refractivity contribution < 1.29 is 19.1 Å². The molecule has 0 aliphatic rings. The third-order valence-electron chi connectivity index (χ3n) is 3.02. The van der Waals surface area contributed by atoms with Gasteiger partial charge < -0.3 is 9.47 Å². The summed E-state index contributed by atoms with van der Waals surface area (Å²) in [7, 11) is 0. The Morgan fingerprint density at radius 1 is 1.05 bits per heavy atom. The second kappa shape index (κ2) is 8.95. The Kier molecular flexibility index (Phi) is 7.23. The van der Waals surface area contributed by atoms with Crippen molar-refractivity contribution in [2.24, 2.45) is 5.92 Å². The Labute approximate surface area is 125 Å². The molecule has 21 heavy (non-hydrogen) atoms. The Bertz CT molecular complexity index is 479. The zero-order valence-corrected chi connectivity index (χ0v) is 12.7. The average Bonchev–Trinajstić information content (AvgIpc) is 2.48. The zero-order valence-electron chi connectivity index (χ0n) is 12.7. The van der Waals surface area contributed by atoms with Crippen molar-refractivity contribution in [1.82, 2.24) is 0 Å². The van der Waals surface area contributed by atoms with Gasteiger partial charge in [-0.05, 0) is 26.3 Å². The predicted octanol–water partition coefficient (Wildman–Crippen LogP) is 3.09. The van der Waals surface area contributed by atoms with Crippen molar-refractivity contribution in [2.45, 2.75) is 26.7 Å². The van der Waals surface area contributed by atoms with Crippen LogP contribution in [0.1, 0.15) is 32.3 Å². The molecule has 4 nitrogen and oxygen atoms in total. The normalized spacial score (nSPS) is 13.7. The molecule has 0 bridgehead atoms. The summed E-state index contributed by atoms with van der Waals surface area (Å²) in [6, 6.07) is 9.16. The summed E-state index contributed by atoms with van der Waals surface area (Å²) in [5.41, 5.74) is 0.743. The maximum absolute atomic E-state index is 12.3. The number of rotatable bonds is 7. The molecule has 1 aromatic carbocycles. The van der Waals surface area contributed by atoms with Gasteiger partial charge in [0.15, 0.2) is 0 Å². The Morgan fingerprint density at radius 3 is 2.14 bits per heavy atom. The third-order valence-corrected chi connectivity index (χ3v) is 3.02. The van der Waals surface area contributed by atoms with Crippen LogP contribution < -0.4 is 0 Å². The third kappa shape index (κ3) is 4.74. The molecule has 0 saturated carbocycles. The number of allylic oxidation sites excluding steroid dienone is 1. The largest absolute Gasteiger partial charge is 0.466 e. The van der Waals surface area contributed by atoms with E-state index in [2.05, 4.69) is 0 Å². The van der Waals surface area contributed by atoms with Crippen LogP contribution in [0.4, 0.5) is 0 Å². The van der Waals surface area contributed by atoms with E-state index >= 15 is 0 Å². The van der Waals surface area contributed by atoms with Crippen LogP contribution in [0, 0.1) is 5.92 Å². The van der Waals surface area contributed by atoms with E-state index in [9.17, 15) is 9.59 Å². The van der Waals surface area contributed by atoms with Crippen molar-refractivity contribution in [1.29, 1.82) is 0 Å². The van der Waals surface area contributed by atoms with E-state index in [4.69, 9.17) is 9.47 Å². The topological polar surface area (TPSA) is 52.6 Å². The van der Waals surface area contributed by atoms with Gasteiger partial charge in [-0.15, -0.1) is 0 Å². The van der Waals surface area contributed by atoms with Crippen LogP contribution in [0.5, 0.6) is 0 Å². The monoisotopic (exact) mass is 290 g/mol. The van der Waals surface area contributed by atoms with Gasteiger partial charge in [0.2, 0.25) is 0 Å². The van der Waals surface area contributed by atoms with Crippen LogP contribution >= 0.6 is 0 Å². The fourth-order valence-corrected chi connectivity index (χ4v) is 2.15. The molecule has 1 rings (SSSR count). The highest BCUT2D eigenvalue weighted by Crippen LogP contribution is 2.28. The minimum absolute atomic E-state index is 0.271. The van der Waals surface area contributed by atoms with E-state index in [-0.39, 0.29) is 13.2 Å². The highest BCUT2D eigenvalue weighted by Gasteiger charge is 2.35. The van der Waals surface area contributed by atoms with Crippen LogP contribution in [0.2, 0.25) is 0 Å². The Balaban J connectivity index is 3.19. The summed E-state index contributed by atoms with van der Waals surface area (Å²) in [4.78, 5) is 24.5. The highest BCUT2D eigenvalue weighted by molar-refractivity contribution is 5.87. The molecule has 0 fully saturated rings. The molecule has 0 amide bonds. The molecular weight excluding hydrogens is 268 g/mol. The zero-order chi connectivity index (χ0) is 15.7. The number of esters is 2. The van der Waals surface area contributed by atoms with Gasteiger partial charge in [0, 0.05) is 0 Å². The van der Waals surface area contributed by atoms with Gasteiger partial charge in [-0.3, -0.25) is 9.59 Å². The van der Waals surface area contributed by atoms with E-state index in [1.165, 1.54) is 0 Å². The smallest absolute Gasteiger partial charge is 0.314 e. The van der Waals surface area contributed by atoms with Crippen molar-refractivity contribution in [2.75, 3.05) is 13.2 Å². The first kappa shape index (κ1) is 17.0. The first-order valence-corrected chi connectivity index (χ1v) is 7.16. The van der Waals surface area contributed by atoms with Gasteiger partial charge in [-0.25, -0.2) is 0 Å². The van der Waals surface area contributed by atoms with Crippen LogP contribution in [0.25, 0.3) is 0 Å². The lowest BCUT2D eigenvalue weighted by atomic mass is 9.85. The molecule has 114 valence electrons. The summed E-state index contributed by atoms with van der Waals surface area (Å²) in [6.07, 6.45) is 3.43. The molecule has 0 saturated heterocycles. The SMILES string of the molecule is C/C=C/C(C(=O)OCC)C(C(=O)OCC)c1ccccc1. The Hall–Kier alpha value is -2.10. The van der Waals surface area contributed by atoms with E-state index in [1.807, 2.05) is 30.3 Å². The number of carbonyl (C=O) groups excluding carboxylic acids is 2. The second-order valence-electron chi connectivity index (χ2n) is 4.44. The molecule has 4 heteroatoms. The highest BCUT2D eigenvalue weighted by atomic mass is 16.5. The first-order chi connectivity index (χ1) is 10.2. The van der Waals surface area contributed by atoms with Crippen LogP contribution in [-0.4, -0.2) is 25.2 Å². The standard InChI is InChI=1S/C17H22O4/c1-4-10-14(16(18)20-5-2)15(17(19)21-6-3)13-11-8-7-9-12-13/h4,7-12,14-15H,5-6H2,1-3H3/b10-4+. The maximum atomic E-state index is 12.3. The molecule has 0 heterocycles. The van der Waals surface area contributed by atoms with Crippen LogP contribution in [0.3, 0.4) is 0 Å². The lowest BCUT2D eigenvalue weighted by molar-refractivity contribution is -0.155. The van der Waals surface area contributed by atoms with Gasteiger partial charge in [-0.1, -0.05) is 42.5 Å². The number of hydrogen-bond donors (Lipinski definition) is 0. The molecule has 0 aliphatic carbocycles. The summed E-state index contributed by atoms with van der Waals surface area (Å²) in [6.45, 7) is 5.84. The average molecular weight is 290 g/mol. The van der Waals surface area contributed by atoms with E-state index in [0.29, 0.717) is 0 Å². The van der Waals surface area contributed by atoms with Gasteiger partial charge >= 0.3 is 11.9 Å². The first-order valence-electron chi connectivity index (χ1n) is 7.16. The van der Waals surface area contributed by atoms with Crippen LogP contribution in [-0.2, 0) is 19.1 Å². The molecule has 0 aromatic heterocycles. The van der Waals surface area contributed by atoms with Gasteiger partial charge in [0.1, 0.15) is 0 Å². The minimum atomic E-state index is -0.693. The summed E-state index contributed by atoms with van der Waals surface area (Å²) in [5.74, 6) is -2.21. The lowest BCUT2D eigenvalue weighted by Gasteiger charge is -2.22. The summed E-state index contributed by atoms with van der Waals surface area (Å²) < 4.78 is 10.2. The quantitative estimate of drug-likeness (QED) is 0.572. The minimum Gasteiger partial charge on any atom is -0.466 e. The fourth-order valence-electron chi connectivity index (χ4n) is 2.15. The van der Waals surface area contributed by atoms with Crippen molar-refractivity contribution in [3.05, 3.63) is 48.0 Å². The van der Waals surface area contributed by atoms with Gasteiger partial charge in [-0.2, -0.15) is 0 Å². The molecular formula is C17H22O4. The van der Waals surface area contributed by atoms with Crippen molar-refractivity contribution >= 4 is 11.9 Å². The number of ether oxygens (including phenoxy) is 2. The van der Waals surface area contributed by atoms with Crippen molar-refractivity contribution in [3.8, 4) is 0 Å². The lowest BCUT2D eigenvalue weighted by Crippen LogP contribution is -2.30. The molecule has 0 aliphatic heterocycles. The van der Waals surface area contributed by atoms with Gasteiger partial charge in [0.05, 0.1) is 25.0 Å². The van der Waals surface area contributed by atoms with E-state index in [1.54, 1.807) is 32.9 Å². The predicted molar refractivity (Wildman–Crippen MR) is 80.8 cm³/mol. The van der Waals surface area contributed by atoms with Crippen molar-refractivity contribution in [3.63, 3.8) is 0 Å². The van der Waals surface area contributed by atoms with Gasteiger partial charge in [0.25, 0.3) is 0 Å². The second-order valence-corrected chi connectivity index (χ2v) is 4.44. The molecule has 0 radical (unpaired) electrons. The summed E-state index contributed by atoms with van der Waals surface area (Å²) in [5, 5.41) is 0.